The molecule has 0 aliphatic carbocycles. The van der Waals surface area contributed by atoms with E-state index in [1.807, 2.05) is 6.92 Å². The van der Waals surface area contributed by atoms with Crippen molar-refractivity contribution in [2.75, 3.05) is 25.0 Å². The number of para-hydroxylation sites is 1. The molecule has 25 heavy (non-hydrogen) atoms. The molecule has 1 aromatic carbocycles. The van der Waals surface area contributed by atoms with Crippen LogP contribution in [0.4, 0.5) is 10.5 Å². The smallest absolute Gasteiger partial charge is 0.321 e. The van der Waals surface area contributed by atoms with Crippen LogP contribution in [0, 0.1) is 5.92 Å². The molecule has 2 rings (SSSR count). The summed E-state index contributed by atoms with van der Waals surface area (Å²) in [5.41, 5.74) is 3.26. The summed E-state index contributed by atoms with van der Waals surface area (Å²) in [6, 6.07) is 6.11. The lowest BCUT2D eigenvalue weighted by Crippen LogP contribution is -2.43. The summed E-state index contributed by atoms with van der Waals surface area (Å²) in [4.78, 5) is 26.3. The first-order chi connectivity index (χ1) is 12.0. The van der Waals surface area contributed by atoms with E-state index in [2.05, 4.69) is 44.3 Å². The summed E-state index contributed by atoms with van der Waals surface area (Å²) in [6.45, 7) is 9.76. The van der Waals surface area contributed by atoms with Crippen molar-refractivity contribution >= 4 is 17.7 Å². The number of rotatable bonds is 5. The average molecular weight is 346 g/mol. The number of esters is 1. The molecular formula is C20H30N2O3. The van der Waals surface area contributed by atoms with Gasteiger partial charge in [-0.3, -0.25) is 4.79 Å². The Balaban J connectivity index is 2.03. The third kappa shape index (κ3) is 4.74. The molecule has 0 bridgehead atoms. The molecule has 138 valence electrons. The number of amides is 2. The molecule has 2 amide bonds. The van der Waals surface area contributed by atoms with E-state index in [1.54, 1.807) is 4.90 Å². The van der Waals surface area contributed by atoms with Gasteiger partial charge >= 0.3 is 12.0 Å². The Morgan fingerprint density at radius 2 is 1.92 bits per heavy atom. The number of aryl methyl sites for hydroxylation is 1. The van der Waals surface area contributed by atoms with E-state index in [9.17, 15) is 9.59 Å². The fourth-order valence-electron chi connectivity index (χ4n) is 3.31. The van der Waals surface area contributed by atoms with E-state index in [0.717, 1.165) is 23.2 Å². The maximum absolute atomic E-state index is 12.7. The maximum atomic E-state index is 12.7. The molecule has 0 atom stereocenters. The molecule has 1 saturated heterocycles. The van der Waals surface area contributed by atoms with Crippen molar-refractivity contribution in [2.24, 2.45) is 5.92 Å². The van der Waals surface area contributed by atoms with Crippen LogP contribution in [0.15, 0.2) is 18.2 Å². The summed E-state index contributed by atoms with van der Waals surface area (Å²) in [5.74, 6) is 0.121. The zero-order chi connectivity index (χ0) is 18.4. The quantitative estimate of drug-likeness (QED) is 0.814. The Labute approximate surface area is 150 Å². The zero-order valence-electron chi connectivity index (χ0n) is 15.8. The lowest BCUT2D eigenvalue weighted by Gasteiger charge is -2.31. The van der Waals surface area contributed by atoms with Crippen molar-refractivity contribution in [1.82, 2.24) is 4.90 Å². The lowest BCUT2D eigenvalue weighted by molar-refractivity contribution is -0.149. The van der Waals surface area contributed by atoms with Crippen LogP contribution in [0.25, 0.3) is 0 Å². The van der Waals surface area contributed by atoms with Gasteiger partial charge in [0.15, 0.2) is 0 Å². The minimum absolute atomic E-state index is 0.0786. The second-order valence-corrected chi connectivity index (χ2v) is 6.83. The first-order valence-corrected chi connectivity index (χ1v) is 9.32. The highest BCUT2D eigenvalue weighted by molar-refractivity contribution is 5.91. The molecule has 1 fully saturated rings. The van der Waals surface area contributed by atoms with Gasteiger partial charge in [-0.2, -0.15) is 0 Å². The zero-order valence-corrected chi connectivity index (χ0v) is 15.8. The van der Waals surface area contributed by atoms with Crippen molar-refractivity contribution < 1.29 is 14.3 Å². The molecule has 0 saturated carbocycles. The topological polar surface area (TPSA) is 58.6 Å². The van der Waals surface area contributed by atoms with Gasteiger partial charge in [0.1, 0.15) is 0 Å². The second kappa shape index (κ2) is 8.88. The number of ether oxygens (including phenoxy) is 1. The minimum atomic E-state index is -0.138. The number of urea groups is 1. The van der Waals surface area contributed by atoms with Gasteiger partial charge < -0.3 is 15.0 Å². The first-order valence-electron chi connectivity index (χ1n) is 9.32. The Morgan fingerprint density at radius 3 is 2.48 bits per heavy atom. The first kappa shape index (κ1) is 19.3. The summed E-state index contributed by atoms with van der Waals surface area (Å²) < 4.78 is 5.09. The average Bonchev–Trinajstić information content (AvgIpc) is 2.62. The molecule has 5 nitrogen and oxygen atoms in total. The van der Waals surface area contributed by atoms with Crippen LogP contribution < -0.4 is 5.32 Å². The highest BCUT2D eigenvalue weighted by Gasteiger charge is 2.28. The second-order valence-electron chi connectivity index (χ2n) is 6.83. The van der Waals surface area contributed by atoms with Crippen LogP contribution in [0.2, 0.25) is 0 Å². The normalized spacial score (nSPS) is 15.3. The lowest BCUT2D eigenvalue weighted by atomic mass is 9.96. The third-order valence-electron chi connectivity index (χ3n) is 4.82. The largest absolute Gasteiger partial charge is 0.466 e. The van der Waals surface area contributed by atoms with Gasteiger partial charge in [-0.1, -0.05) is 39.0 Å². The molecule has 0 radical (unpaired) electrons. The monoisotopic (exact) mass is 346 g/mol. The molecule has 1 N–H and O–H groups in total. The van der Waals surface area contributed by atoms with E-state index in [1.165, 1.54) is 0 Å². The van der Waals surface area contributed by atoms with Gasteiger partial charge in [0, 0.05) is 18.8 Å². The van der Waals surface area contributed by atoms with E-state index in [-0.39, 0.29) is 17.9 Å². The fourth-order valence-corrected chi connectivity index (χ4v) is 3.31. The van der Waals surface area contributed by atoms with Crippen molar-refractivity contribution in [2.45, 2.75) is 52.9 Å². The van der Waals surface area contributed by atoms with Gasteiger partial charge in [0.2, 0.25) is 0 Å². The van der Waals surface area contributed by atoms with Crippen LogP contribution in [0.1, 0.15) is 57.6 Å². The van der Waals surface area contributed by atoms with Crippen LogP contribution in [0.5, 0.6) is 0 Å². The molecule has 1 aliphatic rings. The van der Waals surface area contributed by atoms with Gasteiger partial charge in [0.05, 0.1) is 12.5 Å². The predicted octanol–water partition coefficient (Wildman–Crippen LogP) is 4.18. The Morgan fingerprint density at radius 1 is 1.24 bits per heavy atom. The minimum Gasteiger partial charge on any atom is -0.466 e. The standard InChI is InChI=1S/C20H30N2O3/c1-5-15-8-7-9-17(14(3)4)18(15)21-20(24)22-12-10-16(11-13-22)19(23)25-6-2/h7-9,14,16H,5-6,10-13H2,1-4H3,(H,21,24). The fraction of sp³-hybridized carbons (Fsp3) is 0.600. The molecule has 0 spiro atoms. The van der Waals surface area contributed by atoms with E-state index < -0.39 is 0 Å². The summed E-state index contributed by atoms with van der Waals surface area (Å²) in [5, 5.41) is 3.12. The van der Waals surface area contributed by atoms with Crippen molar-refractivity contribution in [3.05, 3.63) is 29.3 Å². The van der Waals surface area contributed by atoms with Gasteiger partial charge in [0.25, 0.3) is 0 Å². The molecular weight excluding hydrogens is 316 g/mol. The molecule has 1 heterocycles. The van der Waals surface area contributed by atoms with E-state index >= 15 is 0 Å². The number of hydrogen-bond acceptors (Lipinski definition) is 3. The van der Waals surface area contributed by atoms with E-state index in [0.29, 0.717) is 38.5 Å². The Kier molecular flexibility index (Phi) is 6.85. The summed E-state index contributed by atoms with van der Waals surface area (Å²) in [7, 11) is 0. The molecule has 0 unspecified atom stereocenters. The number of nitrogens with one attached hydrogen (secondary N) is 1. The number of carbonyl (C=O) groups is 2. The van der Waals surface area contributed by atoms with Crippen molar-refractivity contribution in [3.8, 4) is 0 Å². The van der Waals surface area contributed by atoms with Gasteiger partial charge in [-0.15, -0.1) is 0 Å². The molecule has 5 heteroatoms. The summed E-state index contributed by atoms with van der Waals surface area (Å²) in [6.07, 6.45) is 2.21. The van der Waals surface area contributed by atoms with Crippen LogP contribution >= 0.6 is 0 Å². The number of likely N-dealkylation sites (tertiary alicyclic amines) is 1. The Bertz CT molecular complexity index is 605. The van der Waals surface area contributed by atoms with E-state index in [4.69, 9.17) is 4.74 Å². The van der Waals surface area contributed by atoms with Crippen LogP contribution in [-0.4, -0.2) is 36.6 Å². The number of carbonyl (C=O) groups excluding carboxylic acids is 2. The molecule has 1 aliphatic heterocycles. The Hall–Kier alpha value is -2.04. The van der Waals surface area contributed by atoms with Gasteiger partial charge in [-0.05, 0) is 43.2 Å². The van der Waals surface area contributed by atoms with Crippen molar-refractivity contribution in [3.63, 3.8) is 0 Å². The van der Waals surface area contributed by atoms with Crippen molar-refractivity contribution in [1.29, 1.82) is 0 Å². The predicted molar refractivity (Wildman–Crippen MR) is 99.9 cm³/mol. The summed E-state index contributed by atoms with van der Waals surface area (Å²) >= 11 is 0. The number of benzene rings is 1. The number of anilines is 1. The number of hydrogen-bond donors (Lipinski definition) is 1. The van der Waals surface area contributed by atoms with Crippen LogP contribution in [-0.2, 0) is 16.0 Å². The highest BCUT2D eigenvalue weighted by Crippen LogP contribution is 2.29. The molecule has 1 aromatic rings. The number of nitrogens with zero attached hydrogens (tertiary/aromatic N) is 1. The highest BCUT2D eigenvalue weighted by atomic mass is 16.5. The molecule has 0 aromatic heterocycles. The maximum Gasteiger partial charge on any atom is 0.321 e. The van der Waals surface area contributed by atoms with Gasteiger partial charge in [-0.25, -0.2) is 4.79 Å². The SMILES string of the molecule is CCOC(=O)C1CCN(C(=O)Nc2c(CC)cccc2C(C)C)CC1. The van der Waals surface area contributed by atoms with Crippen LogP contribution in [0.3, 0.4) is 0 Å². The third-order valence-corrected chi connectivity index (χ3v) is 4.82. The number of piperidine rings is 1.